The largest absolute Gasteiger partial charge is 0.344 e. The maximum absolute atomic E-state index is 10.7. The first-order valence-corrected chi connectivity index (χ1v) is 8.27. The van der Waals surface area contributed by atoms with E-state index in [0.717, 1.165) is 25.4 Å². The minimum atomic E-state index is 0.462. The predicted molar refractivity (Wildman–Crippen MR) is 86.4 cm³/mol. The Bertz CT molecular complexity index is 689. The third-order valence-corrected chi connectivity index (χ3v) is 5.73. The smallest absolute Gasteiger partial charge is 0.209 e. The molecule has 0 unspecified atom stereocenters. The number of fused-ring (bicyclic) bond motifs is 1. The molecule has 116 valence electrons. The van der Waals surface area contributed by atoms with Crippen LogP contribution in [0.2, 0.25) is 0 Å². The van der Waals surface area contributed by atoms with E-state index in [9.17, 15) is 4.79 Å². The van der Waals surface area contributed by atoms with Crippen molar-refractivity contribution in [3.63, 3.8) is 0 Å². The maximum Gasteiger partial charge on any atom is 0.209 e. The van der Waals surface area contributed by atoms with Crippen molar-refractivity contribution in [3.8, 4) is 0 Å². The van der Waals surface area contributed by atoms with Crippen LogP contribution in [-0.2, 0) is 18.3 Å². The van der Waals surface area contributed by atoms with E-state index in [1.54, 1.807) is 0 Å². The number of carbonyl (C=O) groups is 1. The summed E-state index contributed by atoms with van der Waals surface area (Å²) >= 11 is 0. The Morgan fingerprint density at radius 3 is 2.82 bits per heavy atom. The highest BCUT2D eigenvalue weighted by molar-refractivity contribution is 5.79. The van der Waals surface area contributed by atoms with Gasteiger partial charge in [0.2, 0.25) is 6.41 Å². The molecule has 1 aromatic heterocycles. The van der Waals surface area contributed by atoms with Crippen LogP contribution >= 0.6 is 0 Å². The van der Waals surface area contributed by atoms with Gasteiger partial charge in [0, 0.05) is 30.9 Å². The summed E-state index contributed by atoms with van der Waals surface area (Å²) in [6, 6.07) is 6.74. The van der Waals surface area contributed by atoms with Gasteiger partial charge in [-0.25, -0.2) is 0 Å². The fraction of sp³-hybridized carbons (Fsp3) is 0.556. The molecule has 2 heterocycles. The Morgan fingerprint density at radius 2 is 2.09 bits per heavy atom. The highest BCUT2D eigenvalue weighted by Gasteiger charge is 2.44. The van der Waals surface area contributed by atoms with Crippen LogP contribution in [0.1, 0.15) is 31.2 Å². The number of nitrogens with zero attached hydrogens (tertiary/aromatic N) is 3. The molecule has 2 fully saturated rings. The third kappa shape index (κ3) is 2.31. The van der Waals surface area contributed by atoms with Gasteiger partial charge in [0.15, 0.2) is 0 Å². The molecular formula is C18H23N3O. The number of likely N-dealkylation sites (tertiary alicyclic amines) is 1. The molecule has 1 spiro atoms. The molecule has 4 rings (SSSR count). The second-order valence-electron chi connectivity index (χ2n) is 7.32. The molecule has 0 N–H and O–H groups in total. The average molecular weight is 297 g/mol. The van der Waals surface area contributed by atoms with E-state index >= 15 is 0 Å². The molecule has 1 aromatic carbocycles. The van der Waals surface area contributed by atoms with Gasteiger partial charge >= 0.3 is 0 Å². The molecular weight excluding hydrogens is 274 g/mol. The summed E-state index contributed by atoms with van der Waals surface area (Å²) in [6.45, 7) is 1.98. The van der Waals surface area contributed by atoms with E-state index in [4.69, 9.17) is 0 Å². The lowest BCUT2D eigenvalue weighted by Crippen LogP contribution is -2.56. The van der Waals surface area contributed by atoms with Gasteiger partial charge in [-0.1, -0.05) is 12.1 Å². The van der Waals surface area contributed by atoms with Crippen molar-refractivity contribution in [1.82, 2.24) is 14.7 Å². The lowest BCUT2D eigenvalue weighted by Gasteiger charge is -2.52. The van der Waals surface area contributed by atoms with E-state index in [2.05, 4.69) is 23.3 Å². The van der Waals surface area contributed by atoms with E-state index < -0.39 is 0 Å². The molecule has 0 radical (unpaired) electrons. The molecule has 1 saturated heterocycles. The molecule has 1 aliphatic heterocycles. The Hall–Kier alpha value is -1.84. The third-order valence-electron chi connectivity index (χ3n) is 5.73. The summed E-state index contributed by atoms with van der Waals surface area (Å²) in [6.07, 6.45) is 9.28. The Balaban J connectivity index is 1.39. The van der Waals surface area contributed by atoms with Crippen molar-refractivity contribution in [3.05, 3.63) is 30.0 Å². The zero-order valence-corrected chi connectivity index (χ0v) is 13.2. The summed E-state index contributed by atoms with van der Waals surface area (Å²) in [7, 11) is 2.01. The fourth-order valence-corrected chi connectivity index (χ4v) is 4.35. The van der Waals surface area contributed by atoms with E-state index in [1.807, 2.05) is 22.8 Å². The summed E-state index contributed by atoms with van der Waals surface area (Å²) in [5.41, 5.74) is 3.12. The van der Waals surface area contributed by atoms with Crippen LogP contribution in [0.3, 0.4) is 0 Å². The minimum Gasteiger partial charge on any atom is -0.344 e. The number of carbonyl (C=O) groups excluding carboxylic acids is 1. The first kappa shape index (κ1) is 13.8. The van der Waals surface area contributed by atoms with Crippen molar-refractivity contribution in [2.75, 3.05) is 13.1 Å². The summed E-state index contributed by atoms with van der Waals surface area (Å²) in [5, 5.41) is 5.54. The number of hydrogen-bond donors (Lipinski definition) is 0. The SMILES string of the molecule is Cn1ncc2ccc(CC3CCC4(CC3)CN(C=O)C4)cc21. The first-order valence-electron chi connectivity index (χ1n) is 8.27. The standard InChI is InChI=1S/C18H23N3O/c1-20-17-9-15(2-3-16(17)10-19-20)8-14-4-6-18(7-5-14)11-21(12-18)13-22/h2-3,9-10,13-14H,4-8,11-12H2,1H3. The number of aryl methyl sites for hydroxylation is 1. The predicted octanol–water partition coefficient (Wildman–Crippen LogP) is 2.76. The number of aromatic nitrogens is 2. The van der Waals surface area contributed by atoms with E-state index in [-0.39, 0.29) is 0 Å². The van der Waals surface area contributed by atoms with Crippen molar-refractivity contribution < 1.29 is 4.79 Å². The summed E-state index contributed by atoms with van der Waals surface area (Å²) in [5.74, 6) is 0.793. The molecule has 2 aromatic rings. The highest BCUT2D eigenvalue weighted by atomic mass is 16.1. The normalized spacial score (nSPS) is 21.2. The summed E-state index contributed by atoms with van der Waals surface area (Å²) in [4.78, 5) is 12.7. The van der Waals surface area contributed by atoms with E-state index in [0.29, 0.717) is 5.41 Å². The van der Waals surface area contributed by atoms with Gasteiger partial charge in [0.1, 0.15) is 0 Å². The zero-order chi connectivity index (χ0) is 15.2. The topological polar surface area (TPSA) is 38.1 Å². The van der Waals surface area contributed by atoms with Gasteiger partial charge in [-0.15, -0.1) is 0 Å². The monoisotopic (exact) mass is 297 g/mol. The van der Waals surface area contributed by atoms with Gasteiger partial charge in [0.05, 0.1) is 11.7 Å². The van der Waals surface area contributed by atoms with Gasteiger partial charge in [-0.05, 0) is 49.7 Å². The Morgan fingerprint density at radius 1 is 1.32 bits per heavy atom. The lowest BCUT2D eigenvalue weighted by molar-refractivity contribution is -0.132. The second kappa shape index (κ2) is 5.11. The highest BCUT2D eigenvalue weighted by Crippen LogP contribution is 2.45. The van der Waals surface area contributed by atoms with Crippen LogP contribution in [0, 0.1) is 11.3 Å². The van der Waals surface area contributed by atoms with Gasteiger partial charge in [-0.2, -0.15) is 5.10 Å². The Labute approximate surface area is 131 Å². The van der Waals surface area contributed by atoms with Crippen LogP contribution in [0.4, 0.5) is 0 Å². The number of rotatable bonds is 3. The molecule has 1 amide bonds. The zero-order valence-electron chi connectivity index (χ0n) is 13.2. The Kier molecular flexibility index (Phi) is 3.21. The maximum atomic E-state index is 10.7. The molecule has 0 bridgehead atoms. The van der Waals surface area contributed by atoms with Crippen molar-refractivity contribution >= 4 is 17.3 Å². The van der Waals surface area contributed by atoms with Gasteiger partial charge < -0.3 is 4.90 Å². The van der Waals surface area contributed by atoms with Crippen LogP contribution < -0.4 is 0 Å². The van der Waals surface area contributed by atoms with Crippen LogP contribution in [0.15, 0.2) is 24.4 Å². The molecule has 2 aliphatic rings. The molecule has 4 heteroatoms. The number of benzene rings is 1. The minimum absolute atomic E-state index is 0.462. The van der Waals surface area contributed by atoms with Crippen molar-refractivity contribution in [1.29, 1.82) is 0 Å². The van der Waals surface area contributed by atoms with Crippen LogP contribution in [0.25, 0.3) is 10.9 Å². The summed E-state index contributed by atoms with van der Waals surface area (Å²) < 4.78 is 1.96. The quantitative estimate of drug-likeness (QED) is 0.817. The average Bonchev–Trinajstić information content (AvgIpc) is 2.87. The van der Waals surface area contributed by atoms with Crippen molar-refractivity contribution in [2.24, 2.45) is 18.4 Å². The number of hydrogen-bond acceptors (Lipinski definition) is 2. The lowest BCUT2D eigenvalue weighted by atomic mass is 9.65. The number of amides is 1. The molecule has 4 nitrogen and oxygen atoms in total. The molecule has 1 aliphatic carbocycles. The van der Waals surface area contributed by atoms with Gasteiger partial charge in [0.25, 0.3) is 0 Å². The fourth-order valence-electron chi connectivity index (χ4n) is 4.35. The second-order valence-corrected chi connectivity index (χ2v) is 7.32. The van der Waals surface area contributed by atoms with Crippen LogP contribution in [0.5, 0.6) is 0 Å². The first-order chi connectivity index (χ1) is 10.7. The molecule has 1 saturated carbocycles. The molecule has 0 atom stereocenters. The van der Waals surface area contributed by atoms with Crippen molar-refractivity contribution in [2.45, 2.75) is 32.1 Å². The molecule has 22 heavy (non-hydrogen) atoms. The van der Waals surface area contributed by atoms with E-state index in [1.165, 1.54) is 48.6 Å². The van der Waals surface area contributed by atoms with Gasteiger partial charge in [-0.3, -0.25) is 9.48 Å². The van der Waals surface area contributed by atoms with Crippen LogP contribution in [-0.4, -0.2) is 34.2 Å².